The number of hydrogen-bond acceptors (Lipinski definition) is 3. The smallest absolute Gasteiger partial charge is 0.416 e. The molecule has 1 aromatic carbocycles. The lowest BCUT2D eigenvalue weighted by molar-refractivity contribution is -0.137. The zero-order valence-electron chi connectivity index (χ0n) is 9.85. The number of carbonyl (C=O) groups is 2. The average molecular weight is 309 g/mol. The summed E-state index contributed by atoms with van der Waals surface area (Å²) >= 11 is 0. The molecule has 1 rings (SSSR count). The molecule has 3 N–H and O–H groups in total. The highest BCUT2D eigenvalue weighted by Gasteiger charge is 2.30. The fraction of sp³-hybridized carbons (Fsp3) is 0.182. The Labute approximate surface area is 114 Å². The summed E-state index contributed by atoms with van der Waals surface area (Å²) in [4.78, 5) is 21.6. The van der Waals surface area contributed by atoms with E-state index in [1.807, 2.05) is 0 Å². The van der Waals surface area contributed by atoms with Gasteiger partial charge in [-0.05, 0) is 29.0 Å². The quantitative estimate of drug-likeness (QED) is 0.745. The van der Waals surface area contributed by atoms with E-state index < -0.39 is 40.1 Å². The molecule has 20 heavy (non-hydrogen) atoms. The number of anilines is 1. The molecule has 1 amide bonds. The van der Waals surface area contributed by atoms with Gasteiger partial charge in [-0.2, -0.15) is 13.2 Å². The fourth-order valence-electron chi connectivity index (χ4n) is 1.24. The van der Waals surface area contributed by atoms with E-state index in [4.69, 9.17) is 5.11 Å². The molecule has 0 heterocycles. The van der Waals surface area contributed by atoms with Crippen molar-refractivity contribution in [2.45, 2.75) is 6.18 Å². The van der Waals surface area contributed by atoms with Gasteiger partial charge in [0.25, 0.3) is 5.91 Å². The molecule has 0 spiro atoms. The first-order valence-electron chi connectivity index (χ1n) is 5.12. The summed E-state index contributed by atoms with van der Waals surface area (Å²) in [5.74, 6) is -2.81. The van der Waals surface area contributed by atoms with E-state index in [9.17, 15) is 27.3 Å². The Morgan fingerprint density at radius 3 is 2.55 bits per heavy atom. The van der Waals surface area contributed by atoms with E-state index in [2.05, 4.69) is 5.32 Å². The Balaban J connectivity index is 2.79. The molecule has 0 fully saturated rings. The Morgan fingerprint density at radius 2 is 2.00 bits per heavy atom. The molecule has 9 heteroatoms. The molecule has 0 aliphatic carbocycles. The highest BCUT2D eigenvalue weighted by molar-refractivity contribution is 8.11. The topological polar surface area (TPSA) is 86.6 Å². The van der Waals surface area contributed by atoms with Gasteiger partial charge >= 0.3 is 12.1 Å². The van der Waals surface area contributed by atoms with Gasteiger partial charge in [-0.25, -0.2) is 0 Å². The number of halogens is 3. The third-order valence-electron chi connectivity index (χ3n) is 1.97. The van der Waals surface area contributed by atoms with E-state index in [1.165, 1.54) is 6.07 Å². The Bertz CT molecular complexity index is 557. The summed E-state index contributed by atoms with van der Waals surface area (Å²) < 4.78 is 46.5. The molecule has 5 nitrogen and oxygen atoms in total. The van der Waals surface area contributed by atoms with Gasteiger partial charge < -0.3 is 15.0 Å². The third-order valence-corrected chi connectivity index (χ3v) is 3.00. The minimum Gasteiger partial charge on any atom is -0.481 e. The lowest BCUT2D eigenvalue weighted by Gasteiger charge is -2.09. The van der Waals surface area contributed by atoms with Crippen molar-refractivity contribution in [3.8, 4) is 0 Å². The number of rotatable bonds is 4. The summed E-state index contributed by atoms with van der Waals surface area (Å²) in [7, 11) is -1.79. The van der Waals surface area contributed by atoms with Crippen LogP contribution in [0.1, 0.15) is 5.56 Å². The van der Waals surface area contributed by atoms with Gasteiger partial charge in [-0.1, -0.05) is 6.07 Å². The largest absolute Gasteiger partial charge is 0.481 e. The highest BCUT2D eigenvalue weighted by atomic mass is 32.2. The van der Waals surface area contributed by atoms with Gasteiger partial charge in [-0.3, -0.25) is 9.59 Å². The Kier molecular flexibility index (Phi) is 5.28. The number of amides is 1. The molecule has 0 aromatic heterocycles. The second-order valence-electron chi connectivity index (χ2n) is 3.62. The Hall–Kier alpha value is -1.87. The van der Waals surface area contributed by atoms with Gasteiger partial charge in [0.05, 0.1) is 10.9 Å². The van der Waals surface area contributed by atoms with Crippen molar-refractivity contribution < 1.29 is 32.4 Å². The minimum absolute atomic E-state index is 0.103. The molecule has 110 valence electrons. The average Bonchev–Trinajstić information content (AvgIpc) is 2.26. The van der Waals surface area contributed by atoms with Crippen LogP contribution in [-0.4, -0.2) is 32.7 Å². The molecular weight excluding hydrogens is 299 g/mol. The normalized spacial score (nSPS) is 13.0. The predicted octanol–water partition coefficient (Wildman–Crippen LogP) is 2.27. The summed E-state index contributed by atoms with van der Waals surface area (Å²) in [5.41, 5.74) is -1.03. The molecule has 0 radical (unpaired) electrons. The highest BCUT2D eigenvalue weighted by Crippen LogP contribution is 2.30. The van der Waals surface area contributed by atoms with Gasteiger partial charge in [0.2, 0.25) is 0 Å². The molecular formula is C11H10F3NO4S. The van der Waals surface area contributed by atoms with Crippen LogP contribution in [0.4, 0.5) is 18.9 Å². The maximum Gasteiger partial charge on any atom is 0.416 e. The van der Waals surface area contributed by atoms with Gasteiger partial charge in [0.1, 0.15) is 5.75 Å². The first-order valence-corrected chi connectivity index (χ1v) is 6.53. The number of aliphatic carboxylic acids is 1. The SMILES string of the molecule is O=C(O)CS(O)=CC(=O)Nc1cccc(C(F)(F)F)c1. The van der Waals surface area contributed by atoms with Crippen LogP contribution in [0.3, 0.4) is 0 Å². The van der Waals surface area contributed by atoms with E-state index in [-0.39, 0.29) is 5.69 Å². The van der Waals surface area contributed by atoms with E-state index >= 15 is 0 Å². The Morgan fingerprint density at radius 1 is 1.35 bits per heavy atom. The number of hydrogen-bond donors (Lipinski definition) is 3. The standard InChI is InChI=1S/C11H10F3NO4S/c12-11(13,14)7-2-1-3-8(4-7)15-9(16)5-20(19)6-10(17)18/h1-5,19H,6H2,(H,15,16)(H,17,18). The van der Waals surface area contributed by atoms with E-state index in [0.717, 1.165) is 18.2 Å². The molecule has 0 bridgehead atoms. The summed E-state index contributed by atoms with van der Waals surface area (Å²) in [6.45, 7) is 0. The number of carboxylic acids is 1. The molecule has 1 atom stereocenters. The van der Waals surface area contributed by atoms with Crippen molar-refractivity contribution in [2.75, 3.05) is 11.1 Å². The second kappa shape index (κ2) is 6.53. The maximum atomic E-state index is 12.4. The van der Waals surface area contributed by atoms with Crippen LogP contribution in [0.25, 0.3) is 0 Å². The second-order valence-corrected chi connectivity index (χ2v) is 4.95. The van der Waals surface area contributed by atoms with Crippen molar-refractivity contribution in [1.29, 1.82) is 0 Å². The number of carboxylic acid groups (broad SMARTS) is 1. The lowest BCUT2D eigenvalue weighted by atomic mass is 10.2. The molecule has 0 aliphatic heterocycles. The van der Waals surface area contributed by atoms with Gasteiger partial charge in [0, 0.05) is 5.69 Å². The maximum absolute atomic E-state index is 12.4. The van der Waals surface area contributed by atoms with Crippen LogP contribution in [0, 0.1) is 0 Å². The van der Waals surface area contributed by atoms with Crippen molar-refractivity contribution in [2.24, 2.45) is 0 Å². The van der Waals surface area contributed by atoms with Crippen LogP contribution in [0.2, 0.25) is 0 Å². The molecule has 0 saturated heterocycles. The van der Waals surface area contributed by atoms with Crippen molar-refractivity contribution in [1.82, 2.24) is 0 Å². The zero-order valence-corrected chi connectivity index (χ0v) is 10.7. The molecule has 0 saturated carbocycles. The van der Waals surface area contributed by atoms with Crippen molar-refractivity contribution >= 4 is 33.7 Å². The van der Waals surface area contributed by atoms with Crippen LogP contribution >= 0.6 is 10.8 Å². The van der Waals surface area contributed by atoms with Gasteiger partial charge in [0.15, 0.2) is 0 Å². The number of benzene rings is 1. The van der Waals surface area contributed by atoms with Crippen LogP contribution in [0.15, 0.2) is 24.3 Å². The fourth-order valence-corrected chi connectivity index (χ4v) is 1.88. The summed E-state index contributed by atoms with van der Waals surface area (Å²) in [5, 5.41) is 11.2. The number of alkyl halides is 3. The lowest BCUT2D eigenvalue weighted by Crippen LogP contribution is -2.15. The first-order chi connectivity index (χ1) is 9.18. The first kappa shape index (κ1) is 16.2. The number of nitrogens with one attached hydrogen (secondary N) is 1. The van der Waals surface area contributed by atoms with Gasteiger partial charge in [-0.15, -0.1) is 0 Å². The van der Waals surface area contributed by atoms with Crippen molar-refractivity contribution in [3.05, 3.63) is 29.8 Å². The van der Waals surface area contributed by atoms with E-state index in [1.54, 1.807) is 0 Å². The molecule has 1 aromatic rings. The van der Waals surface area contributed by atoms with E-state index in [0.29, 0.717) is 5.37 Å². The van der Waals surface area contributed by atoms with Crippen LogP contribution in [-0.2, 0) is 15.8 Å². The monoisotopic (exact) mass is 309 g/mol. The zero-order chi connectivity index (χ0) is 15.3. The minimum atomic E-state index is -4.53. The summed E-state index contributed by atoms with van der Waals surface area (Å²) in [6, 6.07) is 3.95. The third kappa shape index (κ3) is 5.41. The van der Waals surface area contributed by atoms with Crippen LogP contribution < -0.4 is 5.32 Å². The van der Waals surface area contributed by atoms with Crippen molar-refractivity contribution in [3.63, 3.8) is 0 Å². The summed E-state index contributed by atoms with van der Waals surface area (Å²) in [6.07, 6.45) is -4.53. The van der Waals surface area contributed by atoms with Crippen LogP contribution in [0.5, 0.6) is 0 Å². The molecule has 1 unspecified atom stereocenters. The number of carbonyl (C=O) groups excluding carboxylic acids is 1. The molecule has 0 aliphatic rings. The predicted molar refractivity (Wildman–Crippen MR) is 68.9 cm³/mol.